The third-order valence-corrected chi connectivity index (χ3v) is 3.04. The number of nitrogens with one attached hydrogen (secondary N) is 1. The van der Waals surface area contributed by atoms with Gasteiger partial charge in [0.2, 0.25) is 0 Å². The van der Waals surface area contributed by atoms with E-state index < -0.39 is 0 Å². The molecule has 1 rings (SSSR count). The highest BCUT2D eigenvalue weighted by Crippen LogP contribution is 2.31. The summed E-state index contributed by atoms with van der Waals surface area (Å²) in [4.78, 5) is 11.2. The van der Waals surface area contributed by atoms with E-state index in [2.05, 4.69) is 5.32 Å². The summed E-state index contributed by atoms with van der Waals surface area (Å²) in [5.41, 5.74) is 0. The maximum absolute atomic E-state index is 11.2. The Labute approximate surface area is 86.2 Å². The van der Waals surface area contributed by atoms with Gasteiger partial charge in [-0.25, -0.2) is 0 Å². The van der Waals surface area contributed by atoms with Crippen molar-refractivity contribution in [3.8, 4) is 0 Å². The normalized spacial score (nSPS) is 20.2. The Bertz CT molecular complexity index is 190. The number of esters is 1. The van der Waals surface area contributed by atoms with Gasteiger partial charge in [-0.05, 0) is 25.8 Å². The van der Waals surface area contributed by atoms with E-state index >= 15 is 0 Å². The van der Waals surface area contributed by atoms with Crippen molar-refractivity contribution >= 4 is 5.97 Å². The molecule has 1 aliphatic rings. The van der Waals surface area contributed by atoms with E-state index in [1.165, 1.54) is 26.4 Å². The Morgan fingerprint density at radius 1 is 1.50 bits per heavy atom. The van der Waals surface area contributed by atoms with Gasteiger partial charge in [-0.3, -0.25) is 4.79 Å². The SMILES string of the molecule is COC(=O)C(C)C(C)NCCC1CC1. The van der Waals surface area contributed by atoms with Crippen LogP contribution in [-0.4, -0.2) is 25.7 Å². The number of carbonyl (C=O) groups excluding carboxylic acids is 1. The fourth-order valence-electron chi connectivity index (χ4n) is 1.49. The lowest BCUT2D eigenvalue weighted by Crippen LogP contribution is -2.37. The van der Waals surface area contributed by atoms with Gasteiger partial charge in [0, 0.05) is 6.04 Å². The van der Waals surface area contributed by atoms with E-state index in [4.69, 9.17) is 4.74 Å². The second kappa shape index (κ2) is 5.35. The Morgan fingerprint density at radius 3 is 2.64 bits per heavy atom. The summed E-state index contributed by atoms with van der Waals surface area (Å²) in [5, 5.41) is 3.37. The first-order chi connectivity index (χ1) is 6.65. The smallest absolute Gasteiger partial charge is 0.309 e. The highest BCUT2D eigenvalue weighted by Gasteiger charge is 2.23. The average molecular weight is 199 g/mol. The number of hydrogen-bond acceptors (Lipinski definition) is 3. The molecular formula is C11H21NO2. The van der Waals surface area contributed by atoms with Crippen LogP contribution >= 0.6 is 0 Å². The molecule has 2 atom stereocenters. The highest BCUT2D eigenvalue weighted by molar-refractivity contribution is 5.72. The van der Waals surface area contributed by atoms with Crippen LogP contribution in [0.4, 0.5) is 0 Å². The number of carbonyl (C=O) groups is 1. The molecule has 3 heteroatoms. The molecule has 0 heterocycles. The maximum Gasteiger partial charge on any atom is 0.309 e. The molecule has 14 heavy (non-hydrogen) atoms. The van der Waals surface area contributed by atoms with Crippen molar-refractivity contribution in [2.24, 2.45) is 11.8 Å². The van der Waals surface area contributed by atoms with E-state index in [0.717, 1.165) is 12.5 Å². The fourth-order valence-corrected chi connectivity index (χ4v) is 1.49. The minimum absolute atomic E-state index is 0.0563. The van der Waals surface area contributed by atoms with Crippen molar-refractivity contribution in [3.05, 3.63) is 0 Å². The van der Waals surface area contributed by atoms with Gasteiger partial charge in [0.1, 0.15) is 0 Å². The summed E-state index contributed by atoms with van der Waals surface area (Å²) in [6, 6.07) is 0.209. The Kier molecular flexibility index (Phi) is 4.39. The standard InChI is InChI=1S/C11H21NO2/c1-8(11(13)14-3)9(2)12-7-6-10-4-5-10/h8-10,12H,4-7H2,1-3H3. The molecule has 0 bridgehead atoms. The number of hydrogen-bond donors (Lipinski definition) is 1. The monoisotopic (exact) mass is 199 g/mol. The third kappa shape index (κ3) is 3.66. The predicted molar refractivity (Wildman–Crippen MR) is 56.0 cm³/mol. The van der Waals surface area contributed by atoms with Crippen molar-refractivity contribution in [2.45, 2.75) is 39.2 Å². The lowest BCUT2D eigenvalue weighted by Gasteiger charge is -2.19. The second-order valence-corrected chi connectivity index (χ2v) is 4.29. The molecule has 1 N–H and O–H groups in total. The second-order valence-electron chi connectivity index (χ2n) is 4.29. The molecule has 82 valence electrons. The molecular weight excluding hydrogens is 178 g/mol. The van der Waals surface area contributed by atoms with Crippen LogP contribution in [0.3, 0.4) is 0 Å². The van der Waals surface area contributed by atoms with Crippen molar-refractivity contribution in [1.82, 2.24) is 5.32 Å². The van der Waals surface area contributed by atoms with Crippen LogP contribution in [0, 0.1) is 11.8 Å². The van der Waals surface area contributed by atoms with E-state index in [9.17, 15) is 4.79 Å². The quantitative estimate of drug-likeness (QED) is 0.660. The molecule has 1 saturated carbocycles. The molecule has 0 spiro atoms. The minimum atomic E-state index is -0.128. The average Bonchev–Trinajstić information content (AvgIpc) is 2.99. The summed E-state index contributed by atoms with van der Waals surface area (Å²) < 4.78 is 4.69. The lowest BCUT2D eigenvalue weighted by atomic mass is 10.0. The van der Waals surface area contributed by atoms with Crippen molar-refractivity contribution in [3.63, 3.8) is 0 Å². The van der Waals surface area contributed by atoms with Gasteiger partial charge in [-0.15, -0.1) is 0 Å². The van der Waals surface area contributed by atoms with E-state index in [1.54, 1.807) is 0 Å². The summed E-state index contributed by atoms with van der Waals surface area (Å²) in [5.74, 6) is 0.763. The van der Waals surface area contributed by atoms with Crippen LogP contribution in [0.2, 0.25) is 0 Å². The van der Waals surface area contributed by atoms with E-state index in [0.29, 0.717) is 0 Å². The van der Waals surface area contributed by atoms with Gasteiger partial charge < -0.3 is 10.1 Å². The molecule has 0 amide bonds. The maximum atomic E-state index is 11.2. The van der Waals surface area contributed by atoms with Crippen LogP contribution in [-0.2, 0) is 9.53 Å². The zero-order valence-electron chi connectivity index (χ0n) is 9.38. The molecule has 0 radical (unpaired) electrons. The molecule has 0 aromatic heterocycles. The van der Waals surface area contributed by atoms with Gasteiger partial charge in [0.05, 0.1) is 13.0 Å². The first-order valence-corrected chi connectivity index (χ1v) is 5.46. The molecule has 3 nitrogen and oxygen atoms in total. The molecule has 1 fully saturated rings. The fraction of sp³-hybridized carbons (Fsp3) is 0.909. The molecule has 2 unspecified atom stereocenters. The Balaban J connectivity index is 2.11. The van der Waals surface area contributed by atoms with Crippen LogP contribution < -0.4 is 5.32 Å². The molecule has 1 aliphatic carbocycles. The first-order valence-electron chi connectivity index (χ1n) is 5.46. The van der Waals surface area contributed by atoms with Crippen molar-refractivity contribution < 1.29 is 9.53 Å². The van der Waals surface area contributed by atoms with Gasteiger partial charge in [-0.2, -0.15) is 0 Å². The summed E-state index contributed by atoms with van der Waals surface area (Å²) in [7, 11) is 1.44. The minimum Gasteiger partial charge on any atom is -0.469 e. The first kappa shape index (κ1) is 11.5. The number of ether oxygens (including phenoxy) is 1. The van der Waals surface area contributed by atoms with E-state index in [-0.39, 0.29) is 17.9 Å². The molecule has 0 aromatic rings. The van der Waals surface area contributed by atoms with Gasteiger partial charge in [0.15, 0.2) is 0 Å². The zero-order chi connectivity index (χ0) is 10.6. The van der Waals surface area contributed by atoms with Crippen molar-refractivity contribution in [1.29, 1.82) is 0 Å². The van der Waals surface area contributed by atoms with Crippen LogP contribution in [0.1, 0.15) is 33.1 Å². The summed E-state index contributed by atoms with van der Waals surface area (Å²) >= 11 is 0. The van der Waals surface area contributed by atoms with Crippen LogP contribution in [0.25, 0.3) is 0 Å². The van der Waals surface area contributed by atoms with Crippen LogP contribution in [0.15, 0.2) is 0 Å². The Morgan fingerprint density at radius 2 is 2.14 bits per heavy atom. The topological polar surface area (TPSA) is 38.3 Å². The Hall–Kier alpha value is -0.570. The summed E-state index contributed by atoms with van der Waals surface area (Å²) in [6.45, 7) is 4.96. The largest absolute Gasteiger partial charge is 0.469 e. The van der Waals surface area contributed by atoms with Crippen molar-refractivity contribution in [2.75, 3.05) is 13.7 Å². The molecule has 0 saturated heterocycles. The van der Waals surface area contributed by atoms with Gasteiger partial charge >= 0.3 is 5.97 Å². The van der Waals surface area contributed by atoms with E-state index in [1.807, 2.05) is 13.8 Å². The molecule has 0 aliphatic heterocycles. The number of rotatable bonds is 6. The molecule has 0 aromatic carbocycles. The van der Waals surface area contributed by atoms with Gasteiger partial charge in [0.25, 0.3) is 0 Å². The predicted octanol–water partition coefficient (Wildman–Crippen LogP) is 1.57. The lowest BCUT2D eigenvalue weighted by molar-refractivity contribution is -0.145. The van der Waals surface area contributed by atoms with Gasteiger partial charge in [-0.1, -0.05) is 19.8 Å². The number of methoxy groups -OCH3 is 1. The zero-order valence-corrected chi connectivity index (χ0v) is 9.38. The highest BCUT2D eigenvalue weighted by atomic mass is 16.5. The summed E-state index contributed by atoms with van der Waals surface area (Å²) in [6.07, 6.45) is 4.03. The van der Waals surface area contributed by atoms with Crippen LogP contribution in [0.5, 0.6) is 0 Å². The third-order valence-electron chi connectivity index (χ3n) is 3.04.